The highest BCUT2D eigenvalue weighted by Crippen LogP contribution is 2.15. The van der Waals surface area contributed by atoms with E-state index in [1.165, 1.54) is 0 Å². The van der Waals surface area contributed by atoms with Crippen LogP contribution in [-0.2, 0) is 17.9 Å². The minimum absolute atomic E-state index is 0.0189. The molecule has 5 nitrogen and oxygen atoms in total. The van der Waals surface area contributed by atoms with Crippen molar-refractivity contribution in [3.05, 3.63) is 35.4 Å². The van der Waals surface area contributed by atoms with E-state index in [9.17, 15) is 9.59 Å². The van der Waals surface area contributed by atoms with E-state index in [-0.39, 0.29) is 11.9 Å². The van der Waals surface area contributed by atoms with Crippen LogP contribution in [0.5, 0.6) is 0 Å². The molecule has 3 amide bonds. The van der Waals surface area contributed by atoms with Gasteiger partial charge in [0, 0.05) is 50.7 Å². The SMILES string of the molecule is O=C1CCCN1Cc1cccc(CNC(=O)N2CCSCC2)c1. The molecule has 23 heavy (non-hydrogen) atoms. The second-order valence-corrected chi connectivity index (χ2v) is 7.22. The molecule has 0 bridgehead atoms. The van der Waals surface area contributed by atoms with Crippen LogP contribution < -0.4 is 5.32 Å². The van der Waals surface area contributed by atoms with E-state index in [1.807, 2.05) is 39.8 Å². The van der Waals surface area contributed by atoms with Crippen LogP contribution >= 0.6 is 11.8 Å². The Hall–Kier alpha value is -1.69. The van der Waals surface area contributed by atoms with Gasteiger partial charge in [-0.15, -0.1) is 0 Å². The van der Waals surface area contributed by atoms with Crippen molar-refractivity contribution in [1.82, 2.24) is 15.1 Å². The molecule has 2 heterocycles. The van der Waals surface area contributed by atoms with Crippen LogP contribution in [0.4, 0.5) is 4.79 Å². The molecule has 6 heteroatoms. The lowest BCUT2D eigenvalue weighted by atomic mass is 10.1. The van der Waals surface area contributed by atoms with Crippen LogP contribution in [0.2, 0.25) is 0 Å². The van der Waals surface area contributed by atoms with Gasteiger partial charge in [0.2, 0.25) is 5.91 Å². The second-order valence-electron chi connectivity index (χ2n) is 6.00. The number of urea groups is 1. The average molecular weight is 333 g/mol. The van der Waals surface area contributed by atoms with E-state index in [1.54, 1.807) is 0 Å². The van der Waals surface area contributed by atoms with E-state index >= 15 is 0 Å². The number of benzene rings is 1. The summed E-state index contributed by atoms with van der Waals surface area (Å²) in [6.45, 7) is 3.71. The quantitative estimate of drug-likeness (QED) is 0.918. The fourth-order valence-electron chi connectivity index (χ4n) is 2.99. The predicted molar refractivity (Wildman–Crippen MR) is 92.2 cm³/mol. The molecule has 0 atom stereocenters. The maximum absolute atomic E-state index is 12.1. The molecule has 0 radical (unpaired) electrons. The first-order valence-corrected chi connectivity index (χ1v) is 9.34. The third kappa shape index (κ3) is 4.41. The zero-order valence-electron chi connectivity index (χ0n) is 13.3. The zero-order chi connectivity index (χ0) is 16.1. The summed E-state index contributed by atoms with van der Waals surface area (Å²) in [5.41, 5.74) is 2.20. The minimum atomic E-state index is 0.0189. The van der Waals surface area contributed by atoms with Gasteiger partial charge in [-0.25, -0.2) is 4.79 Å². The lowest BCUT2D eigenvalue weighted by Crippen LogP contribution is -2.44. The third-order valence-electron chi connectivity index (χ3n) is 4.28. The maximum Gasteiger partial charge on any atom is 0.317 e. The maximum atomic E-state index is 12.1. The van der Waals surface area contributed by atoms with Crippen molar-refractivity contribution < 1.29 is 9.59 Å². The number of amides is 3. The highest BCUT2D eigenvalue weighted by atomic mass is 32.2. The normalized spacial score (nSPS) is 18.3. The zero-order valence-corrected chi connectivity index (χ0v) is 14.1. The molecule has 0 spiro atoms. The van der Waals surface area contributed by atoms with Crippen LogP contribution in [0.15, 0.2) is 24.3 Å². The van der Waals surface area contributed by atoms with Crippen LogP contribution in [-0.4, -0.2) is 52.9 Å². The Kier molecular flexibility index (Phi) is 5.43. The van der Waals surface area contributed by atoms with Gasteiger partial charge in [0.15, 0.2) is 0 Å². The number of thioether (sulfide) groups is 1. The molecular weight excluding hydrogens is 310 g/mol. The van der Waals surface area contributed by atoms with Gasteiger partial charge >= 0.3 is 6.03 Å². The van der Waals surface area contributed by atoms with E-state index in [2.05, 4.69) is 11.4 Å². The smallest absolute Gasteiger partial charge is 0.317 e. The molecule has 1 aromatic rings. The third-order valence-corrected chi connectivity index (χ3v) is 5.22. The number of likely N-dealkylation sites (tertiary alicyclic amines) is 1. The number of carbonyl (C=O) groups is 2. The summed E-state index contributed by atoms with van der Waals surface area (Å²) < 4.78 is 0. The summed E-state index contributed by atoms with van der Waals surface area (Å²) in [6.07, 6.45) is 1.63. The molecule has 2 aliphatic heterocycles. The summed E-state index contributed by atoms with van der Waals surface area (Å²) in [4.78, 5) is 27.6. The van der Waals surface area contributed by atoms with Gasteiger partial charge in [0.1, 0.15) is 0 Å². The Bertz CT molecular complexity index is 573. The monoisotopic (exact) mass is 333 g/mol. The summed E-state index contributed by atoms with van der Waals surface area (Å²) in [5, 5.41) is 3.00. The van der Waals surface area contributed by atoms with E-state index < -0.39 is 0 Å². The molecule has 1 aromatic carbocycles. The first-order valence-electron chi connectivity index (χ1n) is 8.18. The van der Waals surface area contributed by atoms with E-state index in [0.717, 1.165) is 48.7 Å². The van der Waals surface area contributed by atoms with Crippen molar-refractivity contribution >= 4 is 23.7 Å². The molecule has 2 saturated heterocycles. The van der Waals surface area contributed by atoms with Gasteiger partial charge in [-0.05, 0) is 17.5 Å². The van der Waals surface area contributed by atoms with Crippen molar-refractivity contribution in [3.8, 4) is 0 Å². The first-order chi connectivity index (χ1) is 11.2. The number of nitrogens with one attached hydrogen (secondary N) is 1. The average Bonchev–Trinajstić information content (AvgIpc) is 2.99. The number of hydrogen-bond acceptors (Lipinski definition) is 3. The molecule has 0 saturated carbocycles. The molecular formula is C17H23N3O2S. The van der Waals surface area contributed by atoms with Crippen molar-refractivity contribution in [2.45, 2.75) is 25.9 Å². The molecule has 0 unspecified atom stereocenters. The summed E-state index contributed by atoms with van der Waals surface area (Å²) in [5.74, 6) is 2.28. The molecule has 2 fully saturated rings. The van der Waals surface area contributed by atoms with Gasteiger partial charge < -0.3 is 15.1 Å². The Morgan fingerprint density at radius 3 is 2.70 bits per heavy atom. The number of carbonyl (C=O) groups excluding carboxylic acids is 2. The van der Waals surface area contributed by atoms with Gasteiger partial charge in [-0.3, -0.25) is 4.79 Å². The predicted octanol–water partition coefficient (Wildman–Crippen LogP) is 2.07. The van der Waals surface area contributed by atoms with Crippen LogP contribution in [0.25, 0.3) is 0 Å². The topological polar surface area (TPSA) is 52.7 Å². The van der Waals surface area contributed by atoms with Crippen molar-refractivity contribution in [1.29, 1.82) is 0 Å². The molecule has 1 N–H and O–H groups in total. The summed E-state index contributed by atoms with van der Waals surface area (Å²) >= 11 is 1.89. The van der Waals surface area contributed by atoms with E-state index in [0.29, 0.717) is 19.5 Å². The van der Waals surface area contributed by atoms with Crippen LogP contribution in [0.1, 0.15) is 24.0 Å². The number of hydrogen-bond donors (Lipinski definition) is 1. The first kappa shape index (κ1) is 16.2. The number of rotatable bonds is 4. The van der Waals surface area contributed by atoms with Crippen LogP contribution in [0.3, 0.4) is 0 Å². The number of nitrogens with zero attached hydrogens (tertiary/aromatic N) is 2. The van der Waals surface area contributed by atoms with Crippen molar-refractivity contribution in [2.75, 3.05) is 31.1 Å². The fraction of sp³-hybridized carbons (Fsp3) is 0.529. The largest absolute Gasteiger partial charge is 0.338 e. The van der Waals surface area contributed by atoms with Gasteiger partial charge in [-0.1, -0.05) is 24.3 Å². The Balaban J connectivity index is 1.52. The summed E-state index contributed by atoms with van der Waals surface area (Å²) in [7, 11) is 0. The van der Waals surface area contributed by atoms with Crippen molar-refractivity contribution in [2.24, 2.45) is 0 Å². The van der Waals surface area contributed by atoms with Crippen molar-refractivity contribution in [3.63, 3.8) is 0 Å². The molecule has 3 rings (SSSR count). The highest BCUT2D eigenvalue weighted by molar-refractivity contribution is 7.99. The highest BCUT2D eigenvalue weighted by Gasteiger charge is 2.20. The minimum Gasteiger partial charge on any atom is -0.338 e. The van der Waals surface area contributed by atoms with Crippen LogP contribution in [0, 0.1) is 0 Å². The fourth-order valence-corrected chi connectivity index (χ4v) is 3.89. The Morgan fingerprint density at radius 2 is 1.96 bits per heavy atom. The lowest BCUT2D eigenvalue weighted by Gasteiger charge is -2.26. The Morgan fingerprint density at radius 1 is 1.17 bits per heavy atom. The lowest BCUT2D eigenvalue weighted by molar-refractivity contribution is -0.128. The molecule has 0 aromatic heterocycles. The molecule has 124 valence electrons. The summed E-state index contributed by atoms with van der Waals surface area (Å²) in [6, 6.07) is 8.15. The van der Waals surface area contributed by atoms with E-state index in [4.69, 9.17) is 0 Å². The standard InChI is InChI=1S/C17H23N3O2S/c21-16-5-2-6-20(16)13-15-4-1-3-14(11-15)12-18-17(22)19-7-9-23-10-8-19/h1,3-4,11H,2,5-10,12-13H2,(H,18,22). The Labute approximate surface area is 141 Å². The second kappa shape index (κ2) is 7.73. The van der Waals surface area contributed by atoms with Gasteiger partial charge in [0.05, 0.1) is 0 Å². The molecule has 2 aliphatic rings. The van der Waals surface area contributed by atoms with Gasteiger partial charge in [-0.2, -0.15) is 11.8 Å². The molecule has 0 aliphatic carbocycles. The van der Waals surface area contributed by atoms with Gasteiger partial charge in [0.25, 0.3) is 0 Å².